The van der Waals surface area contributed by atoms with Crippen molar-refractivity contribution in [2.45, 2.75) is 0 Å². The van der Waals surface area contributed by atoms with E-state index in [1.807, 2.05) is 0 Å². The van der Waals surface area contributed by atoms with E-state index in [1.54, 1.807) is 0 Å². The molecule has 1 radical (unpaired) electrons. The van der Waals surface area contributed by atoms with Crippen molar-refractivity contribution in [3.05, 3.63) is 0 Å². The monoisotopic (exact) mass is 579 g/mol. The fraction of sp³-hybridized carbons (Fsp3) is 0. The van der Waals surface area contributed by atoms with Gasteiger partial charge in [-0.2, -0.15) is 23.5 Å². The standard InChI is InChI=1S/Fe.3H3O4P.U/c;3*1-5(2,3)4;/h;3*(H3,1,2,3,4);/q+3;;;;/p-9. The third-order valence-corrected chi connectivity index (χ3v) is 0. The Morgan fingerprint density at radius 3 is 0.471 bits per heavy atom. The van der Waals surface area contributed by atoms with E-state index in [-0.39, 0.29) is 48.2 Å². The molecule has 0 bridgehead atoms. The van der Waals surface area contributed by atoms with Crippen LogP contribution in [0.1, 0.15) is 0 Å². The Kier molecular flexibility index (Phi) is 23.8. The molecule has 0 saturated heterocycles. The molecule has 0 rings (SSSR count). The minimum absolute atomic E-state index is 0. The van der Waals surface area contributed by atoms with Crippen molar-refractivity contribution in [3.63, 3.8) is 0 Å². The summed E-state index contributed by atoms with van der Waals surface area (Å²) in [6.45, 7) is 0. The zero-order valence-corrected chi connectivity index (χ0v) is 15.0. The molecule has 0 heterocycles. The van der Waals surface area contributed by atoms with Crippen molar-refractivity contribution in [3.8, 4) is 0 Å². The summed E-state index contributed by atoms with van der Waals surface area (Å²) in [5.74, 6) is 0. The number of phosphoric acid groups is 3. The summed E-state index contributed by atoms with van der Waals surface area (Å²) < 4.78 is 25.6. The van der Waals surface area contributed by atoms with E-state index in [1.165, 1.54) is 0 Å². The molecule has 12 nitrogen and oxygen atoms in total. The Morgan fingerprint density at radius 2 is 0.471 bits per heavy atom. The second-order valence-corrected chi connectivity index (χ2v) is 4.02. The smallest absolute Gasteiger partial charge is 0.822 e. The van der Waals surface area contributed by atoms with Crippen LogP contribution in [0.25, 0.3) is 0 Å². The minimum Gasteiger partial charge on any atom is -0.822 e. The first kappa shape index (κ1) is 31.3. The molecule has 0 unspecified atom stereocenters. The molecule has 0 atom stereocenters. The van der Waals surface area contributed by atoms with Gasteiger partial charge in [-0.3, -0.25) is 0 Å². The van der Waals surface area contributed by atoms with Gasteiger partial charge in [0.25, 0.3) is 0 Å². The second-order valence-electron chi connectivity index (χ2n) is 1.34. The topological polar surface area (TPSA) is 259 Å². The van der Waals surface area contributed by atoms with Crippen molar-refractivity contribution in [1.82, 2.24) is 0 Å². The van der Waals surface area contributed by atoms with Crippen molar-refractivity contribution in [2.24, 2.45) is 0 Å². The third-order valence-electron chi connectivity index (χ3n) is 0. The summed E-state index contributed by atoms with van der Waals surface area (Å²) in [5, 5.41) is 0. The summed E-state index contributed by atoms with van der Waals surface area (Å²) in [5.41, 5.74) is 0. The van der Waals surface area contributed by atoms with E-state index < -0.39 is 23.5 Å². The molecule has 0 aromatic rings. The maximum atomic E-state index is 8.55. The van der Waals surface area contributed by atoms with Gasteiger partial charge in [-0.15, -0.1) is 0 Å². The van der Waals surface area contributed by atoms with Crippen LogP contribution in [0.3, 0.4) is 0 Å². The van der Waals surface area contributed by atoms with Crippen molar-refractivity contribution < 1.29 is 106 Å². The number of hydrogen-bond acceptors (Lipinski definition) is 12. The summed E-state index contributed by atoms with van der Waals surface area (Å²) >= 11 is 0. The third kappa shape index (κ3) is 1250. The second kappa shape index (κ2) is 12.9. The van der Waals surface area contributed by atoms with Gasteiger partial charge in [-0.25, -0.2) is 0 Å². The molecule has 0 spiro atoms. The normalized spacial score (nSPS) is 10.4. The number of rotatable bonds is 0. The summed E-state index contributed by atoms with van der Waals surface area (Å²) in [7, 11) is -16.2. The fourth-order valence-electron chi connectivity index (χ4n) is 0. The molecule has 0 aromatic carbocycles. The van der Waals surface area contributed by atoms with Gasteiger partial charge in [0.05, 0.1) is 0 Å². The van der Waals surface area contributed by atoms with E-state index in [4.69, 9.17) is 57.7 Å². The molecule has 0 fully saturated rings. The van der Waals surface area contributed by atoms with Crippen LogP contribution < -0.4 is 44.0 Å². The SMILES string of the molecule is O=P([O-])([O-])[O-].O=P([O-])([O-])[O-].O=P([O-])([O-])[O-].[Fe+3].[U]. The molecule has 0 aliphatic rings. The Hall–Kier alpha value is 1.90. The Morgan fingerprint density at radius 1 is 0.471 bits per heavy atom. The summed E-state index contributed by atoms with van der Waals surface area (Å²) in [6.07, 6.45) is 0. The molecule has 105 valence electrons. The predicted octanol–water partition coefficient (Wildman–Crippen LogP) is -8.48. The van der Waals surface area contributed by atoms with Gasteiger partial charge in [0, 0.05) is 31.1 Å². The molecule has 0 aliphatic heterocycles. The van der Waals surface area contributed by atoms with E-state index in [0.29, 0.717) is 0 Å². The van der Waals surface area contributed by atoms with Gasteiger partial charge in [0.1, 0.15) is 0 Å². The molecular formula is FeO12P3U-6. The first-order valence-electron chi connectivity index (χ1n) is 2.19. The first-order chi connectivity index (χ1) is 6.00. The van der Waals surface area contributed by atoms with Gasteiger partial charge in [-0.05, 0) is 0 Å². The zero-order chi connectivity index (χ0) is 13.5. The quantitative estimate of drug-likeness (QED) is 0.192. The largest absolute Gasteiger partial charge is 3.00 e. The molecule has 0 aromatic heterocycles. The van der Waals surface area contributed by atoms with Crippen molar-refractivity contribution >= 4 is 23.5 Å². The van der Waals surface area contributed by atoms with Gasteiger partial charge < -0.3 is 57.7 Å². The van der Waals surface area contributed by atoms with Crippen LogP contribution in [0.2, 0.25) is 0 Å². The van der Waals surface area contributed by atoms with E-state index in [2.05, 4.69) is 0 Å². The van der Waals surface area contributed by atoms with Gasteiger partial charge in [-0.1, -0.05) is 0 Å². The van der Waals surface area contributed by atoms with E-state index >= 15 is 0 Å². The number of hydrogen-bond donors (Lipinski definition) is 0. The van der Waals surface area contributed by atoms with E-state index in [9.17, 15) is 0 Å². The molecule has 0 amide bonds. The molecule has 0 saturated carbocycles. The van der Waals surface area contributed by atoms with Crippen molar-refractivity contribution in [2.75, 3.05) is 0 Å². The summed E-state index contributed by atoms with van der Waals surface area (Å²) in [4.78, 5) is 76.9. The van der Waals surface area contributed by atoms with Gasteiger partial charge in [0.15, 0.2) is 0 Å². The van der Waals surface area contributed by atoms with Gasteiger partial charge in [0.2, 0.25) is 0 Å². The van der Waals surface area contributed by atoms with Crippen LogP contribution in [0.4, 0.5) is 0 Å². The fourth-order valence-corrected chi connectivity index (χ4v) is 0. The Balaban J connectivity index is -0.0000000400. The molecule has 17 heteroatoms. The van der Waals surface area contributed by atoms with Crippen LogP contribution in [0, 0.1) is 31.1 Å². The Labute approximate surface area is 129 Å². The zero-order valence-electron chi connectivity index (χ0n) is 7.09. The molecule has 0 aliphatic carbocycles. The first-order valence-corrected chi connectivity index (χ1v) is 6.57. The molecule has 17 heavy (non-hydrogen) atoms. The minimum atomic E-state index is -5.39. The van der Waals surface area contributed by atoms with Crippen LogP contribution in [-0.4, -0.2) is 0 Å². The van der Waals surface area contributed by atoms with E-state index in [0.717, 1.165) is 0 Å². The average molecular weight is 579 g/mol. The average Bonchev–Trinajstić information content (AvgIpc) is 1.41. The predicted molar refractivity (Wildman–Crippen MR) is 22.8 cm³/mol. The molecular weight excluding hydrogens is 579 g/mol. The van der Waals surface area contributed by atoms with Gasteiger partial charge >= 0.3 is 17.1 Å². The maximum Gasteiger partial charge on any atom is 3.00 e. The maximum absolute atomic E-state index is 8.55. The van der Waals surface area contributed by atoms with Crippen molar-refractivity contribution in [1.29, 1.82) is 0 Å². The van der Waals surface area contributed by atoms with Crippen LogP contribution >= 0.6 is 23.5 Å². The van der Waals surface area contributed by atoms with Crippen LogP contribution in [0.5, 0.6) is 0 Å². The molecule has 0 N–H and O–H groups in total. The Bertz CT molecular complexity index is 208. The summed E-state index contributed by atoms with van der Waals surface area (Å²) in [6, 6.07) is 0. The van der Waals surface area contributed by atoms with Crippen LogP contribution in [0.15, 0.2) is 0 Å². The van der Waals surface area contributed by atoms with Crippen LogP contribution in [-0.2, 0) is 30.8 Å².